The van der Waals surface area contributed by atoms with Crippen molar-refractivity contribution in [1.29, 1.82) is 0 Å². The van der Waals surface area contributed by atoms with E-state index in [0.29, 0.717) is 17.2 Å². The van der Waals surface area contributed by atoms with Crippen molar-refractivity contribution >= 4 is 17.9 Å². The second kappa shape index (κ2) is 14.7. The van der Waals surface area contributed by atoms with Gasteiger partial charge in [0.2, 0.25) is 0 Å². The van der Waals surface area contributed by atoms with Crippen molar-refractivity contribution in [1.82, 2.24) is 0 Å². The number of benzene rings is 2. The van der Waals surface area contributed by atoms with Gasteiger partial charge in [0.25, 0.3) is 0 Å². The molecule has 0 aliphatic heterocycles. The normalized spacial score (nSPS) is 14.5. The van der Waals surface area contributed by atoms with Crippen LogP contribution in [0, 0.1) is 0 Å². The fourth-order valence-electron chi connectivity index (χ4n) is 6.01. The molecule has 0 spiro atoms. The van der Waals surface area contributed by atoms with Gasteiger partial charge in [0, 0.05) is 0 Å². The number of hydrogen-bond acceptors (Lipinski definition) is 3. The average molecular weight is 629 g/mol. The van der Waals surface area contributed by atoms with E-state index in [1.165, 1.54) is 56.1 Å². The zero-order valence-corrected chi connectivity index (χ0v) is 31.9. The van der Waals surface area contributed by atoms with Crippen LogP contribution < -0.4 is 10.6 Å². The van der Waals surface area contributed by atoms with Crippen LogP contribution in [0.1, 0.15) is 176 Å². The van der Waals surface area contributed by atoms with Gasteiger partial charge in [0.05, 0.1) is 0 Å². The van der Waals surface area contributed by atoms with Crippen LogP contribution in [0.3, 0.4) is 0 Å². The molecule has 2 N–H and O–H groups in total. The second-order valence-electron chi connectivity index (χ2n) is 17.4. The molecule has 0 aliphatic carbocycles. The Kier molecular flexibility index (Phi) is 13.0. The van der Waals surface area contributed by atoms with Crippen molar-refractivity contribution < 1.29 is 14.3 Å². The maximum absolute atomic E-state index is 13.1. The molecule has 0 bridgehead atoms. The van der Waals surface area contributed by atoms with Crippen LogP contribution >= 0.6 is 7.28 Å². The Morgan fingerprint density at radius 3 is 1.16 bits per heavy atom. The first-order valence-corrected chi connectivity index (χ1v) is 19.6. The zero-order valence-electron chi connectivity index (χ0n) is 31.0. The molecule has 4 heteroatoms. The molecular formula is C40H69O3P. The molecule has 0 atom stereocenters. The monoisotopic (exact) mass is 628 g/mol. The first-order chi connectivity index (χ1) is 20.0. The summed E-state index contributed by atoms with van der Waals surface area (Å²) in [5.74, 6) is 0. The average Bonchev–Trinajstić information content (AvgIpc) is 2.89. The summed E-state index contributed by atoms with van der Waals surface area (Å²) in [5.41, 5.74) is 3.46. The molecule has 0 aliphatic rings. The molecule has 44 heavy (non-hydrogen) atoms. The third-order valence-corrected chi connectivity index (χ3v) is 12.2. The van der Waals surface area contributed by atoms with Crippen molar-refractivity contribution in [2.24, 2.45) is 0 Å². The topological polar surface area (TPSA) is 49.7 Å². The van der Waals surface area contributed by atoms with Crippen LogP contribution in [0.15, 0.2) is 36.4 Å². The Hall–Kier alpha value is -1.25. The Morgan fingerprint density at radius 1 is 0.500 bits per heavy atom. The van der Waals surface area contributed by atoms with E-state index in [2.05, 4.69) is 114 Å². The summed E-state index contributed by atoms with van der Waals surface area (Å²) in [4.78, 5) is 26.2. The molecule has 0 amide bonds. The van der Waals surface area contributed by atoms with Gasteiger partial charge in [-0.1, -0.05) is 6.92 Å². The van der Waals surface area contributed by atoms with Crippen molar-refractivity contribution in [2.75, 3.05) is 6.61 Å². The van der Waals surface area contributed by atoms with E-state index in [0.717, 1.165) is 30.4 Å². The molecular weight excluding hydrogens is 559 g/mol. The van der Waals surface area contributed by atoms with Crippen LogP contribution in [0.5, 0.6) is 0 Å². The summed E-state index contributed by atoms with van der Waals surface area (Å²) in [6.45, 7) is 28.8. The van der Waals surface area contributed by atoms with E-state index in [1.54, 1.807) is 0 Å². The van der Waals surface area contributed by atoms with Crippen LogP contribution in [0.4, 0.5) is 0 Å². The summed E-state index contributed by atoms with van der Waals surface area (Å²) in [6.07, 6.45) is 12.2. The van der Waals surface area contributed by atoms with Crippen LogP contribution in [-0.2, 0) is 26.2 Å². The molecule has 3 nitrogen and oxygen atoms in total. The van der Waals surface area contributed by atoms with Gasteiger partial charge in [-0.25, -0.2) is 0 Å². The van der Waals surface area contributed by atoms with Crippen molar-refractivity contribution in [3.8, 4) is 0 Å². The number of rotatable bonds is 14. The molecule has 252 valence electrons. The van der Waals surface area contributed by atoms with Crippen LogP contribution in [0.2, 0.25) is 0 Å². The summed E-state index contributed by atoms with van der Waals surface area (Å²) in [6, 6.07) is 12.4. The maximum atomic E-state index is 13.1. The zero-order chi connectivity index (χ0) is 33.6. The van der Waals surface area contributed by atoms with Crippen molar-refractivity contribution in [3.63, 3.8) is 0 Å². The molecule has 2 aromatic carbocycles. The standard InChI is InChI=1S/C40H69O3P/c1-14-15-16-17-18-19-20-21-22-23-28-43-44(41,42,35-26-24-31(37(2,3)4)29-33(35)39(8,9)10)36-27-25-32(38(5,6)7)30-34(36)40(11,12)13/h24-27,29-30,41-42H,14-23,28H2,1-13H3. The van der Waals surface area contributed by atoms with E-state index >= 15 is 0 Å². The molecule has 0 aromatic heterocycles. The van der Waals surface area contributed by atoms with Gasteiger partial charge in [0.1, 0.15) is 0 Å². The third kappa shape index (κ3) is 10.1. The van der Waals surface area contributed by atoms with Gasteiger partial charge in [-0.2, -0.15) is 0 Å². The Bertz CT molecular complexity index is 1120. The van der Waals surface area contributed by atoms with Crippen LogP contribution in [-0.4, -0.2) is 16.4 Å². The minimum atomic E-state index is -5.09. The predicted octanol–water partition coefficient (Wildman–Crippen LogP) is 11.0. The summed E-state index contributed by atoms with van der Waals surface area (Å²) in [5, 5.41) is 1.08. The first-order valence-electron chi connectivity index (χ1n) is 17.5. The van der Waals surface area contributed by atoms with Gasteiger partial charge >= 0.3 is 266 Å². The predicted molar refractivity (Wildman–Crippen MR) is 196 cm³/mol. The van der Waals surface area contributed by atoms with E-state index in [-0.39, 0.29) is 21.7 Å². The van der Waals surface area contributed by atoms with E-state index in [1.807, 2.05) is 12.1 Å². The third-order valence-electron chi connectivity index (χ3n) is 9.04. The number of hydrogen-bond donors (Lipinski definition) is 2. The van der Waals surface area contributed by atoms with Gasteiger partial charge in [-0.3, -0.25) is 0 Å². The van der Waals surface area contributed by atoms with E-state index in [4.69, 9.17) is 4.52 Å². The molecule has 0 fully saturated rings. The molecule has 0 unspecified atom stereocenters. The first kappa shape index (κ1) is 38.9. The van der Waals surface area contributed by atoms with Gasteiger partial charge in [-0.15, -0.1) is 0 Å². The van der Waals surface area contributed by atoms with Gasteiger partial charge in [-0.05, 0) is 0 Å². The summed E-state index contributed by atoms with van der Waals surface area (Å²) >= 11 is 0. The van der Waals surface area contributed by atoms with Crippen molar-refractivity contribution in [2.45, 2.75) is 176 Å². The molecule has 2 rings (SSSR count). The number of unbranched alkanes of at least 4 members (excludes halogenated alkanes) is 9. The van der Waals surface area contributed by atoms with Crippen molar-refractivity contribution in [3.05, 3.63) is 58.7 Å². The second-order valence-corrected chi connectivity index (χ2v) is 20.5. The fraction of sp³-hybridized carbons (Fsp3) is 0.700. The Morgan fingerprint density at radius 2 is 0.841 bits per heavy atom. The molecule has 2 aromatic rings. The summed E-state index contributed by atoms with van der Waals surface area (Å²) < 4.78 is 6.63. The van der Waals surface area contributed by atoms with Gasteiger partial charge < -0.3 is 0 Å². The summed E-state index contributed by atoms with van der Waals surface area (Å²) in [7, 11) is -5.09. The molecule has 0 radical (unpaired) electrons. The molecule has 0 saturated heterocycles. The molecule has 0 saturated carbocycles. The van der Waals surface area contributed by atoms with E-state index in [9.17, 15) is 9.79 Å². The van der Waals surface area contributed by atoms with Crippen LogP contribution in [0.25, 0.3) is 0 Å². The van der Waals surface area contributed by atoms with Gasteiger partial charge in [0.15, 0.2) is 0 Å². The Balaban J connectivity index is 2.60. The minimum absolute atomic E-state index is 0.0678. The quantitative estimate of drug-likeness (QED) is 0.162. The van der Waals surface area contributed by atoms with E-state index < -0.39 is 7.28 Å². The fourth-order valence-corrected chi connectivity index (χ4v) is 9.37. The Labute approximate surface area is 272 Å². The SMILES string of the molecule is CCCCCCCCCCCCOP(O)(O)(c1ccc(C(C)(C)C)cc1C(C)(C)C)c1ccc(C(C)(C)C)cc1C(C)(C)C. The molecule has 0 heterocycles.